The quantitative estimate of drug-likeness (QED) is 0.833. The summed E-state index contributed by atoms with van der Waals surface area (Å²) in [6.07, 6.45) is 2.03. The van der Waals surface area contributed by atoms with Crippen molar-refractivity contribution in [3.63, 3.8) is 0 Å². The number of piperidine rings is 1. The monoisotopic (exact) mass is 278 g/mol. The van der Waals surface area contributed by atoms with Crippen LogP contribution in [0.5, 0.6) is 0 Å². The average Bonchev–Trinajstić information content (AvgIpc) is 2.45. The first-order valence-corrected chi connectivity index (χ1v) is 6.83. The molecule has 20 heavy (non-hydrogen) atoms. The zero-order valence-electron chi connectivity index (χ0n) is 12.0. The SMILES string of the molecule is COC1CCN(c2cc(C(N)=O)cc(C)n2)C(CN)C1. The van der Waals surface area contributed by atoms with Crippen molar-refractivity contribution < 1.29 is 9.53 Å². The number of rotatable bonds is 4. The number of ether oxygens (including phenoxy) is 1. The predicted octanol–water partition coefficient (Wildman–Crippen LogP) is 0.431. The number of primary amides is 1. The maximum absolute atomic E-state index is 11.4. The van der Waals surface area contributed by atoms with Crippen molar-refractivity contribution in [1.29, 1.82) is 0 Å². The standard InChI is InChI=1S/C14H22N4O2/c1-9-5-10(14(16)19)6-13(17-9)18-4-3-12(20-2)7-11(18)8-15/h5-6,11-12H,3-4,7-8,15H2,1-2H3,(H2,16,19). The van der Waals surface area contributed by atoms with Gasteiger partial charge in [-0.3, -0.25) is 4.79 Å². The van der Waals surface area contributed by atoms with Crippen LogP contribution in [0.4, 0.5) is 5.82 Å². The molecule has 0 saturated carbocycles. The lowest BCUT2D eigenvalue weighted by Gasteiger charge is -2.39. The molecule has 1 amide bonds. The Balaban J connectivity index is 2.28. The molecular weight excluding hydrogens is 256 g/mol. The van der Waals surface area contributed by atoms with Crippen molar-refractivity contribution in [2.24, 2.45) is 11.5 Å². The van der Waals surface area contributed by atoms with Gasteiger partial charge in [0.05, 0.1) is 6.10 Å². The number of anilines is 1. The van der Waals surface area contributed by atoms with Crippen LogP contribution in [0.15, 0.2) is 12.1 Å². The van der Waals surface area contributed by atoms with Gasteiger partial charge in [-0.2, -0.15) is 0 Å². The van der Waals surface area contributed by atoms with Crippen LogP contribution < -0.4 is 16.4 Å². The van der Waals surface area contributed by atoms with Crippen molar-refractivity contribution >= 4 is 11.7 Å². The maximum Gasteiger partial charge on any atom is 0.248 e. The molecule has 1 saturated heterocycles. The molecule has 2 unspecified atom stereocenters. The minimum absolute atomic E-state index is 0.170. The van der Waals surface area contributed by atoms with Gasteiger partial charge in [0.25, 0.3) is 0 Å². The number of amides is 1. The Morgan fingerprint density at radius 1 is 1.55 bits per heavy atom. The number of aromatic nitrogens is 1. The Morgan fingerprint density at radius 2 is 2.30 bits per heavy atom. The van der Waals surface area contributed by atoms with E-state index in [2.05, 4.69) is 9.88 Å². The van der Waals surface area contributed by atoms with E-state index in [1.807, 2.05) is 6.92 Å². The van der Waals surface area contributed by atoms with Crippen molar-refractivity contribution in [2.45, 2.75) is 31.9 Å². The second-order valence-electron chi connectivity index (χ2n) is 5.18. The van der Waals surface area contributed by atoms with Crippen molar-refractivity contribution in [2.75, 3.05) is 25.1 Å². The topological polar surface area (TPSA) is 94.5 Å². The first-order valence-electron chi connectivity index (χ1n) is 6.83. The van der Waals surface area contributed by atoms with E-state index in [-0.39, 0.29) is 12.1 Å². The molecule has 110 valence electrons. The van der Waals surface area contributed by atoms with E-state index in [9.17, 15) is 4.79 Å². The van der Waals surface area contributed by atoms with Crippen LogP contribution in [0.2, 0.25) is 0 Å². The minimum atomic E-state index is -0.437. The van der Waals surface area contributed by atoms with Crippen LogP contribution >= 0.6 is 0 Å². The summed E-state index contributed by atoms with van der Waals surface area (Å²) < 4.78 is 5.42. The average molecular weight is 278 g/mol. The lowest BCUT2D eigenvalue weighted by atomic mass is 9.99. The normalized spacial score (nSPS) is 22.9. The number of pyridine rings is 1. The molecule has 2 rings (SSSR count). The number of carbonyl (C=O) groups excluding carboxylic acids is 1. The molecule has 1 aromatic heterocycles. The summed E-state index contributed by atoms with van der Waals surface area (Å²) in [5, 5.41) is 0. The second kappa shape index (κ2) is 6.19. The van der Waals surface area contributed by atoms with Crippen LogP contribution in [-0.4, -0.2) is 43.2 Å². The summed E-state index contributed by atoms with van der Waals surface area (Å²) in [6, 6.07) is 3.61. The van der Waals surface area contributed by atoms with Gasteiger partial charge in [-0.1, -0.05) is 0 Å². The molecule has 6 nitrogen and oxygen atoms in total. The number of hydrogen-bond donors (Lipinski definition) is 2. The molecule has 0 aliphatic carbocycles. The number of nitrogens with two attached hydrogens (primary N) is 2. The van der Waals surface area contributed by atoms with E-state index >= 15 is 0 Å². The van der Waals surface area contributed by atoms with Gasteiger partial charge in [-0.15, -0.1) is 0 Å². The van der Waals surface area contributed by atoms with E-state index in [0.29, 0.717) is 12.1 Å². The highest BCUT2D eigenvalue weighted by atomic mass is 16.5. The van der Waals surface area contributed by atoms with Crippen LogP contribution in [0.3, 0.4) is 0 Å². The van der Waals surface area contributed by atoms with Gasteiger partial charge in [0.1, 0.15) is 5.82 Å². The predicted molar refractivity (Wildman–Crippen MR) is 77.7 cm³/mol. The molecule has 1 aliphatic rings. The van der Waals surface area contributed by atoms with Gasteiger partial charge in [-0.05, 0) is 31.9 Å². The van der Waals surface area contributed by atoms with Crippen LogP contribution in [-0.2, 0) is 4.74 Å². The smallest absolute Gasteiger partial charge is 0.248 e. The molecule has 0 radical (unpaired) electrons. The molecule has 2 heterocycles. The Hall–Kier alpha value is -1.66. The van der Waals surface area contributed by atoms with E-state index < -0.39 is 5.91 Å². The van der Waals surface area contributed by atoms with Gasteiger partial charge >= 0.3 is 0 Å². The van der Waals surface area contributed by atoms with Gasteiger partial charge in [0.15, 0.2) is 0 Å². The first kappa shape index (κ1) is 14.7. The van der Waals surface area contributed by atoms with Crippen molar-refractivity contribution in [1.82, 2.24) is 4.98 Å². The second-order valence-corrected chi connectivity index (χ2v) is 5.18. The zero-order chi connectivity index (χ0) is 14.7. The van der Waals surface area contributed by atoms with Crippen LogP contribution in [0.25, 0.3) is 0 Å². The van der Waals surface area contributed by atoms with Crippen molar-refractivity contribution in [3.8, 4) is 0 Å². The summed E-state index contributed by atoms with van der Waals surface area (Å²) >= 11 is 0. The lowest BCUT2D eigenvalue weighted by Crippen LogP contribution is -2.49. The van der Waals surface area contributed by atoms with E-state index in [1.165, 1.54) is 0 Å². The largest absolute Gasteiger partial charge is 0.381 e. The molecule has 4 N–H and O–H groups in total. The Kier molecular flexibility index (Phi) is 4.57. The third kappa shape index (κ3) is 3.08. The number of methoxy groups -OCH3 is 1. The number of hydrogen-bond acceptors (Lipinski definition) is 5. The molecule has 0 aromatic carbocycles. The maximum atomic E-state index is 11.4. The Morgan fingerprint density at radius 3 is 2.90 bits per heavy atom. The highest BCUT2D eigenvalue weighted by Gasteiger charge is 2.28. The third-order valence-electron chi connectivity index (χ3n) is 3.79. The molecular formula is C14H22N4O2. The molecule has 1 aromatic rings. The third-order valence-corrected chi connectivity index (χ3v) is 3.79. The first-order chi connectivity index (χ1) is 9.55. The zero-order valence-corrected chi connectivity index (χ0v) is 12.0. The van der Waals surface area contributed by atoms with Crippen molar-refractivity contribution in [3.05, 3.63) is 23.4 Å². The minimum Gasteiger partial charge on any atom is -0.381 e. The van der Waals surface area contributed by atoms with Crippen LogP contribution in [0, 0.1) is 6.92 Å². The molecule has 6 heteroatoms. The summed E-state index contributed by atoms with van der Waals surface area (Å²) in [4.78, 5) is 18.0. The fourth-order valence-corrected chi connectivity index (χ4v) is 2.69. The molecule has 1 aliphatic heterocycles. The molecule has 1 fully saturated rings. The van der Waals surface area contributed by atoms with E-state index in [4.69, 9.17) is 16.2 Å². The lowest BCUT2D eigenvalue weighted by molar-refractivity contribution is 0.0707. The van der Waals surface area contributed by atoms with E-state index in [1.54, 1.807) is 19.2 Å². The number of aryl methyl sites for hydroxylation is 1. The number of nitrogens with zero attached hydrogens (tertiary/aromatic N) is 2. The number of carbonyl (C=O) groups is 1. The highest BCUT2D eigenvalue weighted by molar-refractivity contribution is 5.93. The summed E-state index contributed by atoms with van der Waals surface area (Å²) in [5.41, 5.74) is 12.5. The summed E-state index contributed by atoms with van der Waals surface area (Å²) in [5.74, 6) is 0.330. The van der Waals surface area contributed by atoms with Gasteiger partial charge in [0, 0.05) is 37.5 Å². The Bertz CT molecular complexity index is 492. The molecule has 0 spiro atoms. The summed E-state index contributed by atoms with van der Waals surface area (Å²) in [6.45, 7) is 3.20. The highest BCUT2D eigenvalue weighted by Crippen LogP contribution is 2.25. The Labute approximate surface area is 119 Å². The fourth-order valence-electron chi connectivity index (χ4n) is 2.69. The fraction of sp³-hybridized carbons (Fsp3) is 0.571. The van der Waals surface area contributed by atoms with Gasteiger partial charge in [0.2, 0.25) is 5.91 Å². The van der Waals surface area contributed by atoms with Gasteiger partial charge in [-0.25, -0.2) is 4.98 Å². The van der Waals surface area contributed by atoms with E-state index in [0.717, 1.165) is 30.9 Å². The summed E-state index contributed by atoms with van der Waals surface area (Å²) in [7, 11) is 1.73. The van der Waals surface area contributed by atoms with Crippen LogP contribution in [0.1, 0.15) is 28.9 Å². The molecule has 2 atom stereocenters. The molecule has 0 bridgehead atoms. The van der Waals surface area contributed by atoms with Gasteiger partial charge < -0.3 is 21.1 Å².